The van der Waals surface area contributed by atoms with E-state index < -0.39 is 6.09 Å². The van der Waals surface area contributed by atoms with Crippen LogP contribution in [0.1, 0.15) is 5.56 Å². The van der Waals surface area contributed by atoms with Crippen LogP contribution < -0.4 is 19.9 Å². The Morgan fingerprint density at radius 1 is 1.18 bits per heavy atom. The van der Waals surface area contributed by atoms with Gasteiger partial charge in [-0.15, -0.1) is 0 Å². The van der Waals surface area contributed by atoms with Gasteiger partial charge < -0.3 is 14.8 Å². The van der Waals surface area contributed by atoms with Crippen LogP contribution >= 0.6 is 11.6 Å². The number of pyridine rings is 1. The second-order valence-electron chi connectivity index (χ2n) is 6.54. The first-order valence-electron chi connectivity index (χ1n) is 8.87. The number of ether oxygens (including phenoxy) is 2. The van der Waals surface area contributed by atoms with Crippen molar-refractivity contribution in [2.45, 2.75) is 12.5 Å². The first-order chi connectivity index (χ1) is 13.5. The van der Waals surface area contributed by atoms with Crippen molar-refractivity contribution >= 4 is 35.2 Å². The van der Waals surface area contributed by atoms with Crippen molar-refractivity contribution in [3.63, 3.8) is 0 Å². The Bertz CT molecular complexity index is 905. The Balaban J connectivity index is 1.52. The standard InChI is InChI=1S/C19H19ClN4O4/c1-27-17-12(10-14-11-28-18(25)21-14)2-7-16(22-17)24-9-8-23(19(24)26)15-5-3-13(20)4-6-15/h2-7,14H,8-11H2,1H3,(H,21,25)/t14-/m0/s1. The quantitative estimate of drug-likeness (QED) is 0.831. The van der Waals surface area contributed by atoms with Crippen LogP contribution in [0.3, 0.4) is 0 Å². The number of aromatic nitrogens is 1. The maximum absolute atomic E-state index is 12.9. The summed E-state index contributed by atoms with van der Waals surface area (Å²) in [7, 11) is 1.53. The molecule has 2 fully saturated rings. The van der Waals surface area contributed by atoms with Gasteiger partial charge in [-0.2, -0.15) is 4.98 Å². The summed E-state index contributed by atoms with van der Waals surface area (Å²) in [6.45, 7) is 1.38. The van der Waals surface area contributed by atoms with Gasteiger partial charge >= 0.3 is 12.1 Å². The fourth-order valence-electron chi connectivity index (χ4n) is 3.35. The molecule has 2 saturated heterocycles. The number of urea groups is 1. The van der Waals surface area contributed by atoms with E-state index in [1.807, 2.05) is 18.2 Å². The minimum absolute atomic E-state index is 0.122. The normalized spacial score (nSPS) is 19.0. The number of hydrogen-bond donors (Lipinski definition) is 1. The molecule has 1 aromatic carbocycles. The van der Waals surface area contributed by atoms with E-state index in [2.05, 4.69) is 10.3 Å². The molecular formula is C19H19ClN4O4. The third-order valence-electron chi connectivity index (χ3n) is 4.75. The summed E-state index contributed by atoms with van der Waals surface area (Å²) in [5.41, 5.74) is 1.63. The first kappa shape index (κ1) is 18.4. The Hall–Kier alpha value is -3.00. The van der Waals surface area contributed by atoms with Crippen molar-refractivity contribution in [2.75, 3.05) is 36.6 Å². The lowest BCUT2D eigenvalue weighted by Gasteiger charge is -2.19. The van der Waals surface area contributed by atoms with Gasteiger partial charge in [-0.25, -0.2) is 9.59 Å². The highest BCUT2D eigenvalue weighted by Gasteiger charge is 2.32. The van der Waals surface area contributed by atoms with E-state index in [0.717, 1.165) is 11.3 Å². The third-order valence-corrected chi connectivity index (χ3v) is 5.00. The molecule has 0 aliphatic carbocycles. The molecular weight excluding hydrogens is 384 g/mol. The number of benzene rings is 1. The maximum atomic E-state index is 12.9. The summed E-state index contributed by atoms with van der Waals surface area (Å²) in [5, 5.41) is 3.36. The Morgan fingerprint density at radius 2 is 1.93 bits per heavy atom. The number of anilines is 2. The highest BCUT2D eigenvalue weighted by Crippen LogP contribution is 2.28. The summed E-state index contributed by atoms with van der Waals surface area (Å²) in [6.07, 6.45) is 0.117. The van der Waals surface area contributed by atoms with Gasteiger partial charge in [0, 0.05) is 35.8 Å². The number of alkyl carbamates (subject to hydrolysis) is 1. The topological polar surface area (TPSA) is 84.0 Å². The van der Waals surface area contributed by atoms with Crippen molar-refractivity contribution in [2.24, 2.45) is 0 Å². The summed E-state index contributed by atoms with van der Waals surface area (Å²) in [5.74, 6) is 0.949. The van der Waals surface area contributed by atoms with Crippen molar-refractivity contribution in [1.82, 2.24) is 10.3 Å². The number of carbonyl (C=O) groups is 2. The van der Waals surface area contributed by atoms with Gasteiger partial charge in [0.15, 0.2) is 0 Å². The predicted molar refractivity (Wildman–Crippen MR) is 104 cm³/mol. The molecule has 0 radical (unpaired) electrons. The van der Waals surface area contributed by atoms with Crippen LogP contribution in [0.5, 0.6) is 5.88 Å². The molecule has 3 amide bonds. The van der Waals surface area contributed by atoms with E-state index in [0.29, 0.717) is 42.8 Å². The van der Waals surface area contributed by atoms with Crippen molar-refractivity contribution in [3.05, 3.63) is 47.0 Å². The minimum atomic E-state index is -0.418. The van der Waals surface area contributed by atoms with E-state index in [1.165, 1.54) is 7.11 Å². The minimum Gasteiger partial charge on any atom is -0.481 e. The van der Waals surface area contributed by atoms with Crippen molar-refractivity contribution in [1.29, 1.82) is 0 Å². The third kappa shape index (κ3) is 3.55. The van der Waals surface area contributed by atoms with Crippen LogP contribution in [0, 0.1) is 0 Å². The Labute approximate surface area is 167 Å². The highest BCUT2D eigenvalue weighted by molar-refractivity contribution is 6.30. The lowest BCUT2D eigenvalue weighted by atomic mass is 10.1. The van der Waals surface area contributed by atoms with Crippen LogP contribution in [0.25, 0.3) is 0 Å². The second kappa shape index (κ2) is 7.55. The molecule has 1 aromatic heterocycles. The molecule has 28 heavy (non-hydrogen) atoms. The van der Waals surface area contributed by atoms with Crippen molar-refractivity contribution < 1.29 is 19.1 Å². The molecule has 0 unspecified atom stereocenters. The number of methoxy groups -OCH3 is 1. The zero-order chi connectivity index (χ0) is 19.7. The molecule has 2 aromatic rings. The summed E-state index contributed by atoms with van der Waals surface area (Å²) < 4.78 is 10.3. The van der Waals surface area contributed by atoms with Crippen LogP contribution in [0.15, 0.2) is 36.4 Å². The zero-order valence-corrected chi connectivity index (χ0v) is 16.0. The van der Waals surface area contributed by atoms with E-state index in [9.17, 15) is 9.59 Å². The molecule has 1 atom stereocenters. The molecule has 8 nitrogen and oxygen atoms in total. The lowest BCUT2D eigenvalue weighted by molar-refractivity contribution is 0.176. The molecule has 4 rings (SSSR count). The number of halogens is 1. The summed E-state index contributed by atoms with van der Waals surface area (Å²) in [4.78, 5) is 31.9. The average molecular weight is 403 g/mol. The van der Waals surface area contributed by atoms with Gasteiger partial charge in [0.25, 0.3) is 0 Å². The number of hydrogen-bond acceptors (Lipinski definition) is 5. The Morgan fingerprint density at radius 3 is 2.61 bits per heavy atom. The largest absolute Gasteiger partial charge is 0.481 e. The number of cyclic esters (lactones) is 1. The molecule has 0 spiro atoms. The molecule has 3 heterocycles. The number of amides is 3. The lowest BCUT2D eigenvalue weighted by Crippen LogP contribution is -2.32. The smallest absolute Gasteiger partial charge is 0.407 e. The number of carbonyl (C=O) groups excluding carboxylic acids is 2. The maximum Gasteiger partial charge on any atom is 0.407 e. The predicted octanol–water partition coefficient (Wildman–Crippen LogP) is 2.84. The van der Waals surface area contributed by atoms with Gasteiger partial charge in [-0.1, -0.05) is 11.6 Å². The molecule has 1 N–H and O–H groups in total. The molecule has 0 bridgehead atoms. The van der Waals surface area contributed by atoms with E-state index in [4.69, 9.17) is 21.1 Å². The van der Waals surface area contributed by atoms with Gasteiger partial charge in [0.05, 0.1) is 13.2 Å². The van der Waals surface area contributed by atoms with E-state index in [-0.39, 0.29) is 12.1 Å². The Kier molecular flexibility index (Phi) is 4.95. The van der Waals surface area contributed by atoms with Crippen molar-refractivity contribution in [3.8, 4) is 5.88 Å². The second-order valence-corrected chi connectivity index (χ2v) is 6.98. The summed E-state index contributed by atoms with van der Waals surface area (Å²) in [6, 6.07) is 10.5. The van der Waals surface area contributed by atoms with Crippen LogP contribution in [0.4, 0.5) is 21.1 Å². The van der Waals surface area contributed by atoms with Crippen LogP contribution in [0.2, 0.25) is 5.02 Å². The van der Waals surface area contributed by atoms with Gasteiger partial charge in [0.1, 0.15) is 12.4 Å². The summed E-state index contributed by atoms with van der Waals surface area (Å²) >= 11 is 5.93. The van der Waals surface area contributed by atoms with Gasteiger partial charge in [0.2, 0.25) is 5.88 Å². The van der Waals surface area contributed by atoms with Crippen LogP contribution in [-0.2, 0) is 11.2 Å². The molecule has 2 aliphatic rings. The number of nitrogens with one attached hydrogen (secondary N) is 1. The zero-order valence-electron chi connectivity index (χ0n) is 15.2. The molecule has 2 aliphatic heterocycles. The highest BCUT2D eigenvalue weighted by atomic mass is 35.5. The fraction of sp³-hybridized carbons (Fsp3) is 0.316. The first-order valence-corrected chi connectivity index (χ1v) is 9.25. The molecule has 0 saturated carbocycles. The van der Waals surface area contributed by atoms with E-state index >= 15 is 0 Å². The average Bonchev–Trinajstić information content (AvgIpc) is 3.28. The van der Waals surface area contributed by atoms with Crippen LogP contribution in [-0.4, -0.2) is 50.0 Å². The molecule has 9 heteroatoms. The van der Waals surface area contributed by atoms with Gasteiger partial charge in [-0.3, -0.25) is 9.80 Å². The number of nitrogens with zero attached hydrogens (tertiary/aromatic N) is 3. The SMILES string of the molecule is COc1nc(N2CCN(c3ccc(Cl)cc3)C2=O)ccc1C[C@H]1COC(=O)N1. The monoisotopic (exact) mass is 402 g/mol. The fourth-order valence-corrected chi connectivity index (χ4v) is 3.48. The van der Waals surface area contributed by atoms with Gasteiger partial charge in [-0.05, 0) is 36.4 Å². The molecule has 146 valence electrons. The number of rotatable bonds is 5. The van der Waals surface area contributed by atoms with E-state index in [1.54, 1.807) is 28.0 Å².